The number of aryl methyl sites for hydroxylation is 2. The molecule has 3 rings (SSSR count). The van der Waals surface area contributed by atoms with Gasteiger partial charge in [0.25, 0.3) is 10.0 Å². The van der Waals surface area contributed by atoms with Gasteiger partial charge in [0, 0.05) is 5.69 Å². The van der Waals surface area contributed by atoms with Crippen molar-refractivity contribution in [2.45, 2.75) is 18.7 Å². The van der Waals surface area contributed by atoms with Crippen molar-refractivity contribution in [2.24, 2.45) is 0 Å². The fraction of sp³-hybridized carbons (Fsp3) is 0.133. The quantitative estimate of drug-likeness (QED) is 0.731. The predicted octanol–water partition coefficient (Wildman–Crippen LogP) is 2.63. The summed E-state index contributed by atoms with van der Waals surface area (Å²) in [6.07, 6.45) is 0. The highest BCUT2D eigenvalue weighted by molar-refractivity contribution is 7.92. The molecule has 9 heteroatoms. The van der Waals surface area contributed by atoms with E-state index in [1.54, 1.807) is 13.0 Å². The lowest BCUT2D eigenvalue weighted by Crippen LogP contribution is -2.15. The van der Waals surface area contributed by atoms with Crippen molar-refractivity contribution in [3.63, 3.8) is 0 Å². The lowest BCUT2D eigenvalue weighted by molar-refractivity contribution is 0.390. The molecule has 0 saturated heterocycles. The van der Waals surface area contributed by atoms with E-state index < -0.39 is 10.0 Å². The Morgan fingerprint density at radius 2 is 1.62 bits per heavy atom. The van der Waals surface area contributed by atoms with Gasteiger partial charge in [0.1, 0.15) is 5.69 Å². The van der Waals surface area contributed by atoms with Gasteiger partial charge >= 0.3 is 0 Å². The Labute approximate surface area is 139 Å². The first-order chi connectivity index (χ1) is 11.5. The van der Waals surface area contributed by atoms with Crippen LogP contribution in [0.3, 0.4) is 0 Å². The molecule has 0 aliphatic rings. The largest absolute Gasteiger partial charge is 0.360 e. The molecule has 2 heterocycles. The smallest absolute Gasteiger partial charge is 0.268 e. The molecule has 124 valence electrons. The molecule has 0 atom stereocenters. The molecule has 8 nitrogen and oxygen atoms in total. The standard InChI is InChI=1S/C15H15N5O3S/c1-10-15(11(2)23-19-10)24(21,22)20-14-9-8-13(17-18-14)16-12-6-4-3-5-7-12/h3-9H,1-2H3,(H,16,17)(H,18,20). The summed E-state index contributed by atoms with van der Waals surface area (Å²) in [5, 5.41) is 14.5. The summed E-state index contributed by atoms with van der Waals surface area (Å²) in [5.41, 5.74) is 1.14. The van der Waals surface area contributed by atoms with Crippen LogP contribution in [0, 0.1) is 13.8 Å². The summed E-state index contributed by atoms with van der Waals surface area (Å²) < 4.78 is 32.0. The van der Waals surface area contributed by atoms with Crippen LogP contribution in [0.5, 0.6) is 0 Å². The van der Waals surface area contributed by atoms with E-state index in [9.17, 15) is 8.42 Å². The summed E-state index contributed by atoms with van der Waals surface area (Å²) in [5.74, 6) is 0.824. The molecule has 0 spiro atoms. The van der Waals surface area contributed by atoms with Gasteiger partial charge < -0.3 is 9.84 Å². The first-order valence-electron chi connectivity index (χ1n) is 7.07. The Hall–Kier alpha value is -2.94. The van der Waals surface area contributed by atoms with Crippen molar-refractivity contribution < 1.29 is 12.9 Å². The Bertz CT molecular complexity index is 918. The van der Waals surface area contributed by atoms with E-state index in [1.165, 1.54) is 13.0 Å². The maximum Gasteiger partial charge on any atom is 0.268 e. The number of hydrogen-bond acceptors (Lipinski definition) is 7. The predicted molar refractivity (Wildman–Crippen MR) is 88.5 cm³/mol. The second kappa shape index (κ2) is 6.28. The Morgan fingerprint density at radius 3 is 2.21 bits per heavy atom. The Balaban J connectivity index is 1.77. The third-order valence-electron chi connectivity index (χ3n) is 3.19. The van der Waals surface area contributed by atoms with Gasteiger partial charge in [0.2, 0.25) is 0 Å². The maximum absolute atomic E-state index is 12.4. The highest BCUT2D eigenvalue weighted by Crippen LogP contribution is 2.22. The number of anilines is 3. The van der Waals surface area contributed by atoms with Gasteiger partial charge in [0.15, 0.2) is 22.3 Å². The highest BCUT2D eigenvalue weighted by Gasteiger charge is 2.24. The fourth-order valence-corrected chi connectivity index (χ4v) is 3.50. The normalized spacial score (nSPS) is 11.2. The highest BCUT2D eigenvalue weighted by atomic mass is 32.2. The third kappa shape index (κ3) is 3.35. The van der Waals surface area contributed by atoms with Crippen LogP contribution in [-0.2, 0) is 10.0 Å². The van der Waals surface area contributed by atoms with Crippen molar-refractivity contribution >= 4 is 27.3 Å². The van der Waals surface area contributed by atoms with Gasteiger partial charge in [0.05, 0.1) is 0 Å². The number of sulfonamides is 1. The van der Waals surface area contributed by atoms with Crippen molar-refractivity contribution in [1.29, 1.82) is 0 Å². The minimum Gasteiger partial charge on any atom is -0.360 e. The molecule has 1 aromatic carbocycles. The Morgan fingerprint density at radius 1 is 0.958 bits per heavy atom. The number of nitrogens with one attached hydrogen (secondary N) is 2. The van der Waals surface area contributed by atoms with Crippen LogP contribution < -0.4 is 10.0 Å². The molecule has 0 aliphatic carbocycles. The zero-order valence-electron chi connectivity index (χ0n) is 13.0. The first kappa shape index (κ1) is 15.9. The van der Waals surface area contributed by atoms with Crippen LogP contribution in [0.15, 0.2) is 51.9 Å². The van der Waals surface area contributed by atoms with E-state index in [2.05, 4.69) is 25.4 Å². The minimum atomic E-state index is -3.83. The number of hydrogen-bond donors (Lipinski definition) is 2. The fourth-order valence-electron chi connectivity index (χ4n) is 2.17. The van der Waals surface area contributed by atoms with Gasteiger partial charge in [-0.25, -0.2) is 8.42 Å². The number of nitrogens with zero attached hydrogens (tertiary/aromatic N) is 3. The molecule has 0 fully saturated rings. The minimum absolute atomic E-state index is 0.00999. The lowest BCUT2D eigenvalue weighted by Gasteiger charge is -2.08. The van der Waals surface area contributed by atoms with Crippen molar-refractivity contribution in [3.8, 4) is 0 Å². The van der Waals surface area contributed by atoms with E-state index >= 15 is 0 Å². The van der Waals surface area contributed by atoms with Gasteiger partial charge in [-0.1, -0.05) is 23.4 Å². The number of para-hydroxylation sites is 1. The van der Waals surface area contributed by atoms with Crippen LogP contribution in [0.2, 0.25) is 0 Å². The zero-order chi connectivity index (χ0) is 17.2. The molecule has 0 saturated carbocycles. The molecule has 3 aromatic rings. The first-order valence-corrected chi connectivity index (χ1v) is 8.55. The van der Waals surface area contributed by atoms with Crippen molar-refractivity contribution in [1.82, 2.24) is 15.4 Å². The molecular formula is C15H15N5O3S. The average Bonchev–Trinajstić information content (AvgIpc) is 2.90. The SMILES string of the molecule is Cc1noc(C)c1S(=O)(=O)Nc1ccc(Nc2ccccc2)nn1. The molecule has 24 heavy (non-hydrogen) atoms. The van der Waals surface area contributed by atoms with Crippen LogP contribution in [-0.4, -0.2) is 23.8 Å². The summed E-state index contributed by atoms with van der Waals surface area (Å²) in [7, 11) is -3.83. The van der Waals surface area contributed by atoms with Crippen molar-refractivity contribution in [2.75, 3.05) is 10.0 Å². The summed E-state index contributed by atoms with van der Waals surface area (Å²) in [4.78, 5) is 0.00999. The van der Waals surface area contributed by atoms with Gasteiger partial charge in [-0.3, -0.25) is 4.72 Å². The Kier molecular flexibility index (Phi) is 4.17. The summed E-state index contributed by atoms with van der Waals surface area (Å²) in [6, 6.07) is 12.6. The molecule has 0 bridgehead atoms. The molecule has 0 unspecified atom stereocenters. The van der Waals surface area contributed by atoms with Crippen LogP contribution in [0.1, 0.15) is 11.5 Å². The molecule has 0 radical (unpaired) electrons. The lowest BCUT2D eigenvalue weighted by atomic mass is 10.3. The summed E-state index contributed by atoms with van der Waals surface area (Å²) in [6.45, 7) is 3.09. The number of benzene rings is 1. The zero-order valence-corrected chi connectivity index (χ0v) is 13.8. The third-order valence-corrected chi connectivity index (χ3v) is 4.78. The van der Waals surface area contributed by atoms with Crippen molar-refractivity contribution in [3.05, 3.63) is 53.9 Å². The van der Waals surface area contributed by atoms with E-state index in [-0.39, 0.29) is 22.2 Å². The molecule has 2 aromatic heterocycles. The van der Waals surface area contributed by atoms with E-state index in [0.29, 0.717) is 5.82 Å². The van der Waals surface area contributed by atoms with Gasteiger partial charge in [-0.05, 0) is 38.1 Å². The van der Waals surface area contributed by atoms with Gasteiger partial charge in [-0.15, -0.1) is 10.2 Å². The topological polar surface area (TPSA) is 110 Å². The van der Waals surface area contributed by atoms with Crippen LogP contribution >= 0.6 is 0 Å². The molecular weight excluding hydrogens is 330 g/mol. The second-order valence-electron chi connectivity index (χ2n) is 5.05. The maximum atomic E-state index is 12.4. The van der Waals surface area contributed by atoms with E-state index in [0.717, 1.165) is 5.69 Å². The van der Waals surface area contributed by atoms with Gasteiger partial charge in [-0.2, -0.15) is 0 Å². The number of aromatic nitrogens is 3. The molecule has 0 aliphatic heterocycles. The monoisotopic (exact) mass is 345 g/mol. The molecule has 0 amide bonds. The van der Waals surface area contributed by atoms with E-state index in [4.69, 9.17) is 4.52 Å². The average molecular weight is 345 g/mol. The summed E-state index contributed by atoms with van der Waals surface area (Å²) >= 11 is 0. The molecule has 2 N–H and O–H groups in total. The second-order valence-corrected chi connectivity index (χ2v) is 6.67. The number of rotatable bonds is 5. The van der Waals surface area contributed by atoms with E-state index in [1.807, 2.05) is 30.3 Å². The van der Waals surface area contributed by atoms with Crippen LogP contribution in [0.4, 0.5) is 17.3 Å². The van der Waals surface area contributed by atoms with Crippen LogP contribution in [0.25, 0.3) is 0 Å².